The van der Waals surface area contributed by atoms with Gasteiger partial charge in [0.2, 0.25) is 23.6 Å². The van der Waals surface area contributed by atoms with Crippen molar-refractivity contribution in [3.63, 3.8) is 0 Å². The molecule has 2 aromatic rings. The van der Waals surface area contributed by atoms with Crippen LogP contribution in [0.2, 0.25) is 0 Å². The van der Waals surface area contributed by atoms with E-state index in [0.29, 0.717) is 25.1 Å². The van der Waals surface area contributed by atoms with Crippen molar-refractivity contribution in [1.29, 1.82) is 0 Å². The molecule has 1 heterocycles. The molecular weight excluding hydrogens is 773 g/mol. The van der Waals surface area contributed by atoms with Crippen LogP contribution in [0.4, 0.5) is 5.69 Å². The summed E-state index contributed by atoms with van der Waals surface area (Å²) in [6, 6.07) is 14.9. The molecule has 0 bridgehead atoms. The van der Waals surface area contributed by atoms with E-state index in [1.807, 2.05) is 84.3 Å². The zero-order valence-corrected chi connectivity index (χ0v) is 39.3. The van der Waals surface area contributed by atoms with Crippen molar-refractivity contribution < 1.29 is 33.8 Å². The Bertz CT molecular complexity index is 1660. The highest BCUT2D eigenvalue weighted by Gasteiger charge is 2.43. The minimum absolute atomic E-state index is 0.00496. The highest BCUT2D eigenvalue weighted by atomic mass is 16.5. The van der Waals surface area contributed by atoms with Crippen molar-refractivity contribution in [1.82, 2.24) is 25.3 Å². The molecule has 61 heavy (non-hydrogen) atoms. The molecule has 0 aliphatic carbocycles. The maximum absolute atomic E-state index is 14.6. The second kappa shape index (κ2) is 24.6. The van der Waals surface area contributed by atoms with E-state index in [2.05, 4.69) is 46.8 Å². The molecule has 1 saturated heterocycles. The lowest BCUT2D eigenvalue weighted by Crippen LogP contribution is -2.60. The van der Waals surface area contributed by atoms with Crippen LogP contribution < -0.4 is 16.0 Å². The van der Waals surface area contributed by atoms with Crippen LogP contribution in [-0.2, 0) is 35.1 Å². The van der Waals surface area contributed by atoms with Gasteiger partial charge in [-0.25, -0.2) is 0 Å². The number of aliphatic hydroxyl groups excluding tert-OH is 1. The normalized spacial score (nSPS) is 18.8. The third kappa shape index (κ3) is 13.7. The molecular formula is C48H78N6O7. The number of nitrogens with one attached hydrogen (secondary N) is 3. The first kappa shape index (κ1) is 51.3. The van der Waals surface area contributed by atoms with Crippen molar-refractivity contribution in [3.8, 4) is 0 Å². The van der Waals surface area contributed by atoms with E-state index in [9.17, 15) is 24.3 Å². The number of amides is 4. The molecule has 0 spiro atoms. The molecule has 2 aromatic carbocycles. The van der Waals surface area contributed by atoms with Gasteiger partial charge in [-0.3, -0.25) is 24.1 Å². The lowest BCUT2D eigenvalue weighted by Gasteiger charge is -2.41. The Hall–Kier alpha value is -4.04. The molecule has 0 unspecified atom stereocenters. The zero-order valence-electron chi connectivity index (χ0n) is 39.3. The van der Waals surface area contributed by atoms with Crippen molar-refractivity contribution in [2.45, 2.75) is 136 Å². The number of ether oxygens (including phenoxy) is 2. The Morgan fingerprint density at radius 3 is 2.05 bits per heavy atom. The maximum atomic E-state index is 14.6. The molecule has 4 amide bonds. The first-order valence-electron chi connectivity index (χ1n) is 22.3. The molecule has 10 atom stereocenters. The van der Waals surface area contributed by atoms with Crippen molar-refractivity contribution in [3.05, 3.63) is 65.7 Å². The third-order valence-corrected chi connectivity index (χ3v) is 12.8. The van der Waals surface area contributed by atoms with Gasteiger partial charge < -0.3 is 40.3 Å². The van der Waals surface area contributed by atoms with Crippen LogP contribution in [0, 0.1) is 23.7 Å². The van der Waals surface area contributed by atoms with Gasteiger partial charge in [0.05, 0.1) is 54.8 Å². The minimum atomic E-state index is -0.883. The number of rotatable bonds is 24. The van der Waals surface area contributed by atoms with E-state index in [0.717, 1.165) is 24.9 Å². The second-order valence-corrected chi connectivity index (χ2v) is 17.8. The van der Waals surface area contributed by atoms with Gasteiger partial charge in [-0.1, -0.05) is 97.4 Å². The minimum Gasteiger partial charge on any atom is -0.388 e. The average Bonchev–Trinajstić information content (AvgIpc) is 3.74. The number of carbonyl (C=O) groups excluding carboxylic acids is 4. The molecule has 1 aliphatic heterocycles. The molecule has 1 aliphatic rings. The van der Waals surface area contributed by atoms with Gasteiger partial charge in [0, 0.05) is 47.1 Å². The number of likely N-dealkylation sites (N-methyl/N-ethyl adjacent to an activating group) is 2. The van der Waals surface area contributed by atoms with E-state index < -0.39 is 48.4 Å². The molecule has 3 rings (SSSR count). The van der Waals surface area contributed by atoms with Gasteiger partial charge in [0.1, 0.15) is 6.04 Å². The number of nitrogens with zero attached hydrogens (tertiary/aromatic N) is 3. The predicted octanol–water partition coefficient (Wildman–Crippen LogP) is 5.53. The van der Waals surface area contributed by atoms with Gasteiger partial charge in [-0.15, -0.1) is 0 Å². The van der Waals surface area contributed by atoms with Crippen LogP contribution in [0.5, 0.6) is 0 Å². The molecule has 342 valence electrons. The molecule has 1 fully saturated rings. The smallest absolute Gasteiger partial charge is 0.245 e. The number of likely N-dealkylation sites (tertiary alicyclic amines) is 1. The van der Waals surface area contributed by atoms with E-state index >= 15 is 0 Å². The number of benzene rings is 2. The number of hydrogen-bond donors (Lipinski definition) is 4. The van der Waals surface area contributed by atoms with E-state index in [1.54, 1.807) is 44.9 Å². The number of methoxy groups -OCH3 is 2. The number of aliphatic hydroxyl groups is 1. The molecule has 0 radical (unpaired) electrons. The summed E-state index contributed by atoms with van der Waals surface area (Å²) in [4.78, 5) is 62.1. The summed E-state index contributed by atoms with van der Waals surface area (Å²) in [5.74, 6) is -1.70. The summed E-state index contributed by atoms with van der Waals surface area (Å²) in [6.07, 6.45) is 0.842. The van der Waals surface area contributed by atoms with Gasteiger partial charge in [-0.05, 0) is 74.2 Å². The summed E-state index contributed by atoms with van der Waals surface area (Å²) >= 11 is 0. The summed E-state index contributed by atoms with van der Waals surface area (Å²) in [5.41, 5.74) is 2.93. The lowest BCUT2D eigenvalue weighted by molar-refractivity contribution is -0.148. The van der Waals surface area contributed by atoms with Crippen molar-refractivity contribution in [2.24, 2.45) is 23.7 Å². The molecule has 0 aromatic heterocycles. The first-order chi connectivity index (χ1) is 28.9. The van der Waals surface area contributed by atoms with Gasteiger partial charge in [0.15, 0.2) is 0 Å². The second-order valence-electron chi connectivity index (χ2n) is 17.8. The van der Waals surface area contributed by atoms with Crippen LogP contribution in [0.15, 0.2) is 54.6 Å². The van der Waals surface area contributed by atoms with E-state index in [1.165, 1.54) is 5.56 Å². The number of carbonyl (C=O) groups is 4. The summed E-state index contributed by atoms with van der Waals surface area (Å²) < 4.78 is 12.0. The summed E-state index contributed by atoms with van der Waals surface area (Å²) in [5, 5.41) is 20.1. The van der Waals surface area contributed by atoms with Crippen LogP contribution in [0.3, 0.4) is 0 Å². The largest absolute Gasteiger partial charge is 0.388 e. The monoisotopic (exact) mass is 851 g/mol. The first-order valence-corrected chi connectivity index (χ1v) is 22.3. The maximum Gasteiger partial charge on any atom is 0.245 e. The highest BCUT2D eigenvalue weighted by molar-refractivity contribution is 5.90. The summed E-state index contributed by atoms with van der Waals surface area (Å²) in [7, 11) is 8.73. The Morgan fingerprint density at radius 2 is 1.51 bits per heavy atom. The van der Waals surface area contributed by atoms with Crippen LogP contribution in [0.25, 0.3) is 0 Å². The summed E-state index contributed by atoms with van der Waals surface area (Å²) in [6.45, 7) is 16.8. The van der Waals surface area contributed by atoms with Crippen molar-refractivity contribution >= 4 is 29.3 Å². The van der Waals surface area contributed by atoms with Gasteiger partial charge >= 0.3 is 0 Å². The third-order valence-electron chi connectivity index (χ3n) is 12.8. The van der Waals surface area contributed by atoms with Gasteiger partial charge in [-0.2, -0.15) is 0 Å². The van der Waals surface area contributed by atoms with Crippen LogP contribution in [-0.4, -0.2) is 134 Å². The Balaban J connectivity index is 1.75. The quantitative estimate of drug-likeness (QED) is 0.107. The van der Waals surface area contributed by atoms with Crippen LogP contribution >= 0.6 is 0 Å². The van der Waals surface area contributed by atoms with Crippen LogP contribution in [0.1, 0.15) is 98.3 Å². The lowest BCUT2D eigenvalue weighted by atomic mass is 9.89. The Labute approximate surface area is 366 Å². The molecule has 13 heteroatoms. The highest BCUT2D eigenvalue weighted by Crippen LogP contribution is 2.30. The fourth-order valence-electron chi connectivity index (χ4n) is 8.95. The standard InChI is InChI=1S/C48H78N6O7/c1-14-32(6)43(53(11)48(59)41(30(2)3)51-47(58)42(31(4)5)52(10)28-26-35-22-24-37(49-9)25-23-35)39(60-12)29-40(55)54-27-18-21-38(54)45(61-13)33(7)46(57)50-34(8)44(56)36-19-16-15-17-20-36/h15-17,19-20,22-25,30-34,38-39,41-45,49,56H,14,18,21,26-29H2,1-13H3,(H,50,57)(H,51,58)/t32-,33+,34+,38-,39+,41-,42-,43-,44+,45+/m0/s1. The van der Waals surface area contributed by atoms with Crippen molar-refractivity contribution in [2.75, 3.05) is 53.8 Å². The molecule has 4 N–H and O–H groups in total. The Kier molecular flexibility index (Phi) is 20.7. The topological polar surface area (TPSA) is 153 Å². The molecule has 0 saturated carbocycles. The fraction of sp³-hybridized carbons (Fsp3) is 0.667. The Morgan fingerprint density at radius 1 is 0.869 bits per heavy atom. The fourth-order valence-corrected chi connectivity index (χ4v) is 8.95. The zero-order chi connectivity index (χ0) is 45.6. The van der Waals surface area contributed by atoms with Gasteiger partial charge in [0.25, 0.3) is 0 Å². The average molecular weight is 851 g/mol. The number of anilines is 1. The number of hydrogen-bond acceptors (Lipinski definition) is 9. The predicted molar refractivity (Wildman–Crippen MR) is 243 cm³/mol. The van der Waals surface area contributed by atoms with E-state index in [4.69, 9.17) is 9.47 Å². The van der Waals surface area contributed by atoms with E-state index in [-0.39, 0.29) is 53.8 Å². The SMILES string of the molecule is CC[C@H](C)[C@@H]([C@@H](CC(=O)N1CCC[C@H]1[C@H](OC)[C@@H](C)C(=O)N[C@H](C)[C@@H](O)c1ccccc1)OC)N(C)C(=O)[C@@H](NC(=O)[C@H](C(C)C)N(C)CCc1ccc(NC)cc1)C(C)C. The molecule has 13 nitrogen and oxygen atoms in total.